The highest BCUT2D eigenvalue weighted by Crippen LogP contribution is 2.32. The number of imidazole rings is 1. The summed E-state index contributed by atoms with van der Waals surface area (Å²) in [6.07, 6.45) is 2.52. The van der Waals surface area contributed by atoms with Crippen LogP contribution >= 0.6 is 7.25 Å². The summed E-state index contributed by atoms with van der Waals surface area (Å²) in [5.74, 6) is 0.307. The van der Waals surface area contributed by atoms with Crippen molar-refractivity contribution in [3.63, 3.8) is 0 Å². The van der Waals surface area contributed by atoms with E-state index in [1.165, 1.54) is 6.33 Å². The standard InChI is InChI=1S/C8H11BN5O3P/c9-18(15,16)5-17-2-1-14-4-13-6-7(10)11-3-12-8(6)14/h3-4H,1-2,5H2,(H,15,16)(H2,10,11,12)/q-1. The molecular weight excluding hydrogens is 256 g/mol. The number of nitrogen functional groups attached to an aromatic ring is 1. The normalized spacial score (nSPS) is 14.8. The van der Waals surface area contributed by atoms with E-state index in [1.807, 2.05) is 0 Å². The van der Waals surface area contributed by atoms with Crippen LogP contribution in [0.4, 0.5) is 5.82 Å². The predicted molar refractivity (Wildman–Crippen MR) is 66.1 cm³/mol. The first-order valence-corrected chi connectivity index (χ1v) is 6.98. The van der Waals surface area contributed by atoms with E-state index in [1.54, 1.807) is 10.9 Å². The van der Waals surface area contributed by atoms with E-state index in [-0.39, 0.29) is 13.0 Å². The summed E-state index contributed by atoms with van der Waals surface area (Å²) in [6.45, 7) is 0.643. The molecule has 0 saturated carbocycles. The van der Waals surface area contributed by atoms with Gasteiger partial charge in [-0.3, -0.25) is 0 Å². The Hall–Kier alpha value is -1.44. The Morgan fingerprint density at radius 2 is 2.28 bits per heavy atom. The zero-order chi connectivity index (χ0) is 13.2. The minimum absolute atomic E-state index is 0.219. The van der Waals surface area contributed by atoms with Gasteiger partial charge in [-0.1, -0.05) is 0 Å². The molecule has 3 N–H and O–H groups in total. The molecule has 0 bridgehead atoms. The lowest BCUT2D eigenvalue weighted by atomic mass is 10.5. The van der Waals surface area contributed by atoms with Crippen LogP contribution in [-0.4, -0.2) is 44.9 Å². The van der Waals surface area contributed by atoms with Gasteiger partial charge in [0.2, 0.25) is 0 Å². The van der Waals surface area contributed by atoms with Crippen LogP contribution in [-0.2, 0) is 15.8 Å². The molecule has 2 heterocycles. The summed E-state index contributed by atoms with van der Waals surface area (Å²) < 4.78 is 17.5. The number of ether oxygens (including phenoxy) is 1. The van der Waals surface area contributed by atoms with Gasteiger partial charge in [0, 0.05) is 6.54 Å². The smallest absolute Gasteiger partial charge is 0.165 e. The van der Waals surface area contributed by atoms with Crippen molar-refractivity contribution < 1.29 is 14.2 Å². The van der Waals surface area contributed by atoms with Gasteiger partial charge in [-0.05, 0) is 7.25 Å². The number of hydrogen-bond acceptors (Lipinski definition) is 6. The third-order valence-electron chi connectivity index (χ3n) is 2.18. The van der Waals surface area contributed by atoms with Crippen molar-refractivity contribution in [3.05, 3.63) is 12.7 Å². The Bertz CT molecular complexity index is 597. The lowest BCUT2D eigenvalue weighted by Gasteiger charge is -2.18. The van der Waals surface area contributed by atoms with Gasteiger partial charge < -0.3 is 32.1 Å². The summed E-state index contributed by atoms with van der Waals surface area (Å²) in [7, 11) is 1.31. The Kier molecular flexibility index (Phi) is 3.65. The van der Waals surface area contributed by atoms with Crippen LogP contribution in [0, 0.1) is 0 Å². The van der Waals surface area contributed by atoms with E-state index in [4.69, 9.17) is 22.9 Å². The Labute approximate surface area is 104 Å². The highest BCUT2D eigenvalue weighted by atomic mass is 31.2. The molecule has 95 valence electrons. The topological polar surface area (TPSA) is 116 Å². The second kappa shape index (κ2) is 5.05. The molecule has 8 nitrogen and oxygen atoms in total. The summed E-state index contributed by atoms with van der Waals surface area (Å²) >= 11 is 0. The van der Waals surface area contributed by atoms with Crippen LogP contribution in [0.25, 0.3) is 11.2 Å². The molecule has 10 heteroatoms. The molecule has 0 amide bonds. The zero-order valence-corrected chi connectivity index (χ0v) is 10.3. The van der Waals surface area contributed by atoms with Gasteiger partial charge >= 0.3 is 0 Å². The molecule has 1 atom stereocenters. The van der Waals surface area contributed by atoms with Crippen molar-refractivity contribution in [1.82, 2.24) is 19.5 Å². The maximum absolute atomic E-state index is 10.8. The van der Waals surface area contributed by atoms with Crippen LogP contribution in [0.15, 0.2) is 12.7 Å². The minimum atomic E-state index is -3.62. The molecule has 0 aromatic carbocycles. The summed E-state index contributed by atoms with van der Waals surface area (Å²) in [4.78, 5) is 20.8. The van der Waals surface area contributed by atoms with Crippen molar-refractivity contribution in [1.29, 1.82) is 0 Å². The van der Waals surface area contributed by atoms with Crippen molar-refractivity contribution in [2.45, 2.75) is 6.54 Å². The van der Waals surface area contributed by atoms with Crippen LogP contribution in [0.2, 0.25) is 0 Å². The summed E-state index contributed by atoms with van der Waals surface area (Å²) in [5.41, 5.74) is 6.74. The third-order valence-corrected chi connectivity index (χ3v) is 2.73. The van der Waals surface area contributed by atoms with Gasteiger partial charge in [-0.25, -0.2) is 15.0 Å². The van der Waals surface area contributed by atoms with Crippen molar-refractivity contribution in [2.24, 2.45) is 0 Å². The molecule has 0 spiro atoms. The molecule has 0 aliphatic heterocycles. The van der Waals surface area contributed by atoms with E-state index in [2.05, 4.69) is 15.0 Å². The second-order valence-corrected chi connectivity index (χ2v) is 5.43. The molecule has 0 aliphatic carbocycles. The lowest BCUT2D eigenvalue weighted by molar-refractivity contribution is 0.162. The molecule has 2 aromatic heterocycles. The van der Waals surface area contributed by atoms with Gasteiger partial charge in [-0.15, -0.1) is 0 Å². The SMILES string of the molecule is [B-]P(=O)(O)COCCn1cnc2c(N)ncnc21. The fraction of sp³-hybridized carbons (Fsp3) is 0.375. The fourth-order valence-corrected chi connectivity index (χ4v) is 1.81. The molecule has 0 saturated heterocycles. The maximum Gasteiger partial charge on any atom is 0.165 e. The number of hydrogen-bond donors (Lipinski definition) is 2. The van der Waals surface area contributed by atoms with E-state index in [9.17, 15) is 4.57 Å². The lowest BCUT2D eigenvalue weighted by Crippen LogP contribution is -2.07. The van der Waals surface area contributed by atoms with Gasteiger partial charge in [0.05, 0.1) is 19.3 Å². The highest BCUT2D eigenvalue weighted by Gasteiger charge is 2.07. The third kappa shape index (κ3) is 3.07. The van der Waals surface area contributed by atoms with Gasteiger partial charge in [0.1, 0.15) is 11.8 Å². The molecule has 2 aromatic rings. The second-order valence-electron chi connectivity index (χ2n) is 3.66. The number of nitrogens with two attached hydrogens (primary N) is 1. The van der Waals surface area contributed by atoms with Crippen LogP contribution < -0.4 is 5.73 Å². The quantitative estimate of drug-likeness (QED) is 0.435. The van der Waals surface area contributed by atoms with E-state index in [0.29, 0.717) is 23.5 Å². The summed E-state index contributed by atoms with van der Waals surface area (Å²) in [6, 6.07) is 0. The van der Waals surface area contributed by atoms with Crippen molar-refractivity contribution in [2.75, 3.05) is 18.7 Å². The van der Waals surface area contributed by atoms with Crippen molar-refractivity contribution in [3.8, 4) is 0 Å². The molecule has 0 aliphatic rings. The van der Waals surface area contributed by atoms with Crippen molar-refractivity contribution >= 4 is 31.8 Å². The maximum atomic E-state index is 10.8. The molecule has 18 heavy (non-hydrogen) atoms. The van der Waals surface area contributed by atoms with Crippen LogP contribution in [0.3, 0.4) is 0 Å². The van der Waals surface area contributed by atoms with Crippen LogP contribution in [0.5, 0.6) is 0 Å². The van der Waals surface area contributed by atoms with Gasteiger partial charge in [-0.2, -0.15) is 0 Å². The van der Waals surface area contributed by atoms with E-state index >= 15 is 0 Å². The Balaban J connectivity index is 2.00. The number of rotatable bonds is 5. The highest BCUT2D eigenvalue weighted by molar-refractivity contribution is 7.82. The molecule has 2 rings (SSSR count). The molecule has 3 radical (unpaired) electrons. The van der Waals surface area contributed by atoms with E-state index < -0.39 is 7.25 Å². The minimum Gasteiger partial charge on any atom is -0.481 e. The number of aromatic nitrogens is 4. The van der Waals surface area contributed by atoms with Gasteiger partial charge in [0.25, 0.3) is 0 Å². The first-order chi connectivity index (χ1) is 8.47. The number of fused-ring (bicyclic) bond motifs is 1. The largest absolute Gasteiger partial charge is 0.481 e. The van der Waals surface area contributed by atoms with Gasteiger partial charge in [0.15, 0.2) is 11.5 Å². The number of nitrogens with zero attached hydrogens (tertiary/aromatic N) is 4. The monoisotopic (exact) mass is 267 g/mol. The first-order valence-electron chi connectivity index (χ1n) is 5.07. The van der Waals surface area contributed by atoms with E-state index in [0.717, 1.165) is 0 Å². The fourth-order valence-electron chi connectivity index (χ4n) is 1.42. The predicted octanol–water partition coefficient (Wildman–Crippen LogP) is -0.264. The molecular formula is C8H11BN5O3P-. The number of anilines is 1. The zero-order valence-electron chi connectivity index (χ0n) is 9.43. The summed E-state index contributed by atoms with van der Waals surface area (Å²) in [5, 5.41) is 0. The Morgan fingerprint density at radius 3 is 3.00 bits per heavy atom. The average molecular weight is 267 g/mol. The first kappa shape index (κ1) is 13.0. The average Bonchev–Trinajstić information content (AvgIpc) is 2.68. The van der Waals surface area contributed by atoms with Crippen LogP contribution in [0.1, 0.15) is 0 Å². The Morgan fingerprint density at radius 1 is 1.50 bits per heavy atom. The molecule has 0 fully saturated rings. The molecule has 1 unspecified atom stereocenters.